The topological polar surface area (TPSA) is 52.3 Å². The first-order chi connectivity index (χ1) is 9.88. The van der Waals surface area contributed by atoms with Crippen LogP contribution in [-0.2, 0) is 11.3 Å². The smallest absolute Gasteiger partial charge is 0.339 e. The minimum Gasteiger partial charge on any atom is -0.457 e. The van der Waals surface area contributed by atoms with Gasteiger partial charge in [-0.3, -0.25) is 0 Å². The number of halogens is 4. The van der Waals surface area contributed by atoms with Gasteiger partial charge in [-0.25, -0.2) is 13.6 Å². The summed E-state index contributed by atoms with van der Waals surface area (Å²) in [6.07, 6.45) is 0. The van der Waals surface area contributed by atoms with Crippen LogP contribution in [0.2, 0.25) is 5.02 Å². The summed E-state index contributed by atoms with van der Waals surface area (Å²) in [5, 5.41) is -0.0147. The first kappa shape index (κ1) is 15.7. The number of anilines is 1. The Kier molecular flexibility index (Phi) is 4.80. The SMILES string of the molecule is Nc1cc(C(=O)OCc2ccc(Cl)c(F)c2)c(Br)cc1F. The van der Waals surface area contributed by atoms with Crippen molar-refractivity contribution in [2.45, 2.75) is 6.61 Å². The molecule has 0 aliphatic heterocycles. The van der Waals surface area contributed by atoms with Crippen molar-refractivity contribution in [1.29, 1.82) is 0 Å². The lowest BCUT2D eigenvalue weighted by atomic mass is 10.2. The molecule has 0 unspecified atom stereocenters. The number of rotatable bonds is 3. The maximum absolute atomic E-state index is 13.2. The second kappa shape index (κ2) is 6.41. The Morgan fingerprint density at radius 1 is 1.24 bits per heavy atom. The molecular weight excluding hydrogens is 368 g/mol. The number of nitrogens with two attached hydrogens (primary N) is 1. The van der Waals surface area contributed by atoms with Gasteiger partial charge in [0, 0.05) is 4.47 Å². The van der Waals surface area contributed by atoms with Crippen LogP contribution in [0.3, 0.4) is 0 Å². The van der Waals surface area contributed by atoms with E-state index < -0.39 is 17.6 Å². The second-order valence-electron chi connectivity index (χ2n) is 4.18. The predicted octanol–water partition coefficient (Wildman–Crippen LogP) is 4.32. The Morgan fingerprint density at radius 2 is 1.95 bits per heavy atom. The van der Waals surface area contributed by atoms with Crippen LogP contribution in [-0.4, -0.2) is 5.97 Å². The van der Waals surface area contributed by atoms with Gasteiger partial charge in [0.15, 0.2) is 0 Å². The van der Waals surface area contributed by atoms with Crippen LogP contribution >= 0.6 is 27.5 Å². The number of benzene rings is 2. The number of carbonyl (C=O) groups excluding carboxylic acids is 1. The van der Waals surface area contributed by atoms with E-state index in [1.807, 2.05) is 0 Å². The minimum atomic E-state index is -0.705. The molecule has 2 N–H and O–H groups in total. The minimum absolute atomic E-state index is 0.0147. The van der Waals surface area contributed by atoms with Crippen molar-refractivity contribution >= 4 is 39.2 Å². The number of hydrogen-bond donors (Lipinski definition) is 1. The Bertz CT molecular complexity index is 710. The van der Waals surface area contributed by atoms with E-state index in [4.69, 9.17) is 22.1 Å². The summed E-state index contributed by atoms with van der Waals surface area (Å²) < 4.78 is 31.7. The highest BCUT2D eigenvalue weighted by atomic mass is 79.9. The third kappa shape index (κ3) is 3.71. The van der Waals surface area contributed by atoms with Crippen molar-refractivity contribution in [2.24, 2.45) is 0 Å². The average Bonchev–Trinajstić information content (AvgIpc) is 2.44. The summed E-state index contributed by atoms with van der Waals surface area (Å²) in [6.45, 7) is -0.142. The summed E-state index contributed by atoms with van der Waals surface area (Å²) in [5.41, 5.74) is 5.77. The van der Waals surface area contributed by atoms with Gasteiger partial charge in [-0.1, -0.05) is 17.7 Å². The lowest BCUT2D eigenvalue weighted by Gasteiger charge is -2.08. The Hall–Kier alpha value is -1.66. The number of esters is 1. The molecule has 0 aromatic heterocycles. The van der Waals surface area contributed by atoms with Crippen LogP contribution in [0.25, 0.3) is 0 Å². The zero-order valence-corrected chi connectivity index (χ0v) is 12.8. The quantitative estimate of drug-likeness (QED) is 0.641. The molecule has 2 aromatic rings. The van der Waals surface area contributed by atoms with Gasteiger partial charge >= 0.3 is 5.97 Å². The van der Waals surface area contributed by atoms with Crippen LogP contribution in [0.5, 0.6) is 0 Å². The fourth-order valence-corrected chi connectivity index (χ4v) is 2.17. The van der Waals surface area contributed by atoms with Gasteiger partial charge in [-0.2, -0.15) is 0 Å². The lowest BCUT2D eigenvalue weighted by Crippen LogP contribution is -2.08. The van der Waals surface area contributed by atoms with Gasteiger partial charge in [-0.15, -0.1) is 0 Å². The molecule has 0 saturated carbocycles. The maximum atomic E-state index is 13.2. The van der Waals surface area contributed by atoms with Crippen molar-refractivity contribution in [3.8, 4) is 0 Å². The third-order valence-corrected chi connectivity index (χ3v) is 3.62. The molecule has 21 heavy (non-hydrogen) atoms. The number of hydrogen-bond acceptors (Lipinski definition) is 3. The average molecular weight is 377 g/mol. The van der Waals surface area contributed by atoms with Crippen molar-refractivity contribution in [3.05, 3.63) is 62.6 Å². The standard InChI is InChI=1S/C14H9BrClF2NO2/c15-9-5-12(18)13(19)4-8(9)14(20)21-6-7-1-2-10(16)11(17)3-7/h1-5H,6,19H2. The van der Waals surface area contributed by atoms with E-state index in [0.29, 0.717) is 5.56 Å². The van der Waals surface area contributed by atoms with Crippen molar-refractivity contribution in [1.82, 2.24) is 0 Å². The van der Waals surface area contributed by atoms with Gasteiger partial charge in [0.2, 0.25) is 0 Å². The normalized spacial score (nSPS) is 10.5. The van der Waals surface area contributed by atoms with Crippen LogP contribution in [0.15, 0.2) is 34.8 Å². The first-order valence-electron chi connectivity index (χ1n) is 5.74. The molecule has 0 fully saturated rings. The monoisotopic (exact) mass is 375 g/mol. The van der Waals surface area contributed by atoms with Gasteiger partial charge in [0.1, 0.15) is 18.2 Å². The van der Waals surface area contributed by atoms with E-state index in [1.165, 1.54) is 24.3 Å². The van der Waals surface area contributed by atoms with Crippen LogP contribution in [0, 0.1) is 11.6 Å². The molecule has 2 rings (SSSR count). The molecule has 3 nitrogen and oxygen atoms in total. The zero-order valence-electron chi connectivity index (χ0n) is 10.5. The van der Waals surface area contributed by atoms with Crippen molar-refractivity contribution in [3.63, 3.8) is 0 Å². The first-order valence-corrected chi connectivity index (χ1v) is 6.91. The summed E-state index contributed by atoms with van der Waals surface area (Å²) in [7, 11) is 0. The third-order valence-electron chi connectivity index (χ3n) is 2.66. The molecule has 0 bridgehead atoms. The highest BCUT2D eigenvalue weighted by Gasteiger charge is 2.15. The van der Waals surface area contributed by atoms with Crippen molar-refractivity contribution < 1.29 is 18.3 Å². The molecule has 0 spiro atoms. The molecule has 7 heteroatoms. The predicted molar refractivity (Wildman–Crippen MR) is 79.0 cm³/mol. The van der Waals surface area contributed by atoms with Gasteiger partial charge < -0.3 is 10.5 Å². The van der Waals surface area contributed by atoms with E-state index in [0.717, 1.165) is 6.07 Å². The fraction of sp³-hybridized carbons (Fsp3) is 0.0714. The Morgan fingerprint density at radius 3 is 2.62 bits per heavy atom. The Labute approximate surface area is 132 Å². The maximum Gasteiger partial charge on any atom is 0.339 e. The molecule has 0 aliphatic carbocycles. The molecule has 0 aliphatic rings. The lowest BCUT2D eigenvalue weighted by molar-refractivity contribution is 0.0471. The number of ether oxygens (including phenoxy) is 1. The molecule has 110 valence electrons. The van der Waals surface area contributed by atoms with Gasteiger partial charge in [0.25, 0.3) is 0 Å². The van der Waals surface area contributed by atoms with E-state index in [9.17, 15) is 13.6 Å². The summed E-state index contributed by atoms with van der Waals surface area (Å²) in [4.78, 5) is 11.9. The molecule has 0 saturated heterocycles. The zero-order chi connectivity index (χ0) is 15.6. The summed E-state index contributed by atoms with van der Waals surface area (Å²) >= 11 is 8.61. The van der Waals surface area contributed by atoms with E-state index in [2.05, 4.69) is 15.9 Å². The molecule has 0 radical (unpaired) electrons. The van der Waals surface area contributed by atoms with Crippen LogP contribution in [0.1, 0.15) is 15.9 Å². The van der Waals surface area contributed by atoms with Crippen LogP contribution in [0.4, 0.5) is 14.5 Å². The molecule has 0 amide bonds. The van der Waals surface area contributed by atoms with E-state index >= 15 is 0 Å². The number of nitrogen functional groups attached to an aromatic ring is 1. The highest BCUT2D eigenvalue weighted by molar-refractivity contribution is 9.10. The van der Waals surface area contributed by atoms with E-state index in [-0.39, 0.29) is 27.4 Å². The van der Waals surface area contributed by atoms with Gasteiger partial charge in [0.05, 0.1) is 16.3 Å². The molecule has 2 aromatic carbocycles. The number of carbonyl (C=O) groups is 1. The van der Waals surface area contributed by atoms with E-state index in [1.54, 1.807) is 0 Å². The van der Waals surface area contributed by atoms with Gasteiger partial charge in [-0.05, 0) is 45.8 Å². The van der Waals surface area contributed by atoms with Crippen molar-refractivity contribution in [2.75, 3.05) is 5.73 Å². The highest BCUT2D eigenvalue weighted by Crippen LogP contribution is 2.24. The largest absolute Gasteiger partial charge is 0.457 e. The summed E-state index contributed by atoms with van der Waals surface area (Å²) in [6, 6.07) is 6.32. The molecular formula is C14H9BrClF2NO2. The van der Waals surface area contributed by atoms with Crippen LogP contribution < -0.4 is 5.73 Å². The molecule has 0 heterocycles. The Balaban J connectivity index is 2.11. The summed E-state index contributed by atoms with van der Waals surface area (Å²) in [5.74, 6) is -1.94. The fourth-order valence-electron chi connectivity index (χ4n) is 1.58. The molecule has 0 atom stereocenters. The second-order valence-corrected chi connectivity index (χ2v) is 5.44.